The predicted molar refractivity (Wildman–Crippen MR) is 131 cm³/mol. The predicted octanol–water partition coefficient (Wildman–Crippen LogP) is 1.70. The number of nitrogens with one attached hydrogen (secondary N) is 1. The standard InChI is InChI=1S/C27H31NO8/c1-5-34-25(31)21-19-17-13-10-14-18(33-4)22(17)36-24(30)20(19)23(28-16-11-8-7-9-12-16)27(21,15(3)29)26(32)35-6-2/h10,13-14,16,28H,5-9,11-12H2,1-4H3. The third-order valence-electron chi connectivity index (χ3n) is 6.91. The number of Topliss-reactive ketones (excluding diaryl/α,β-unsaturated/α-hetero) is 1. The van der Waals surface area contributed by atoms with Gasteiger partial charge in [-0.15, -0.1) is 0 Å². The van der Waals surface area contributed by atoms with Gasteiger partial charge in [0, 0.05) is 16.6 Å². The van der Waals surface area contributed by atoms with E-state index < -0.39 is 28.8 Å². The molecule has 192 valence electrons. The van der Waals surface area contributed by atoms with Crippen LogP contribution in [0.25, 0.3) is 22.2 Å². The average molecular weight is 498 g/mol. The average Bonchev–Trinajstić information content (AvgIpc) is 3.17. The summed E-state index contributed by atoms with van der Waals surface area (Å²) in [5.74, 6) is -2.20. The van der Waals surface area contributed by atoms with E-state index in [0.717, 1.165) is 32.1 Å². The maximum Gasteiger partial charge on any atom is 0.346 e. The summed E-state index contributed by atoms with van der Waals surface area (Å²) in [5.41, 5.74) is -3.11. The first-order chi connectivity index (χ1) is 17.3. The molecule has 1 atom stereocenters. The largest absolute Gasteiger partial charge is 0.493 e. The molecule has 9 nitrogen and oxygen atoms in total. The van der Waals surface area contributed by atoms with Crippen LogP contribution in [0.5, 0.6) is 5.75 Å². The highest BCUT2D eigenvalue weighted by atomic mass is 16.5. The fourth-order valence-electron chi connectivity index (χ4n) is 5.38. The van der Waals surface area contributed by atoms with Gasteiger partial charge in [-0.2, -0.15) is 0 Å². The number of hydrogen-bond acceptors (Lipinski definition) is 9. The Morgan fingerprint density at radius 3 is 2.36 bits per heavy atom. The summed E-state index contributed by atoms with van der Waals surface area (Å²) in [7, 11) is 1.43. The van der Waals surface area contributed by atoms with Crippen LogP contribution in [0.15, 0.2) is 27.4 Å². The summed E-state index contributed by atoms with van der Waals surface area (Å²) in [6, 6.07) is 4.84. The number of rotatable bonds is 8. The minimum Gasteiger partial charge on any atom is -0.493 e. The van der Waals surface area contributed by atoms with Crippen molar-refractivity contribution >= 4 is 40.0 Å². The Labute approximate surface area is 208 Å². The minimum atomic E-state index is -2.20. The van der Waals surface area contributed by atoms with Crippen LogP contribution in [0.4, 0.5) is 0 Å². The number of benzene rings is 1. The Bertz CT molecular complexity index is 1400. The van der Waals surface area contributed by atoms with Gasteiger partial charge in [-0.1, -0.05) is 31.4 Å². The number of ketones is 1. The van der Waals surface area contributed by atoms with Crippen LogP contribution in [0, 0.1) is 5.41 Å². The van der Waals surface area contributed by atoms with Gasteiger partial charge in [-0.05, 0) is 39.7 Å². The highest BCUT2D eigenvalue weighted by Crippen LogP contribution is 2.42. The third kappa shape index (κ3) is 3.86. The Morgan fingerprint density at radius 2 is 1.75 bits per heavy atom. The van der Waals surface area contributed by atoms with Crippen LogP contribution in [-0.2, 0) is 23.9 Å². The number of methoxy groups -OCH3 is 1. The Morgan fingerprint density at radius 1 is 1.06 bits per heavy atom. The maximum absolute atomic E-state index is 13.7. The normalized spacial score (nSPS) is 19.7. The van der Waals surface area contributed by atoms with Crippen molar-refractivity contribution in [3.05, 3.63) is 39.1 Å². The molecule has 1 aromatic carbocycles. The van der Waals surface area contributed by atoms with Crippen molar-refractivity contribution in [2.45, 2.75) is 58.9 Å². The number of esters is 2. The van der Waals surface area contributed by atoms with E-state index in [1.54, 1.807) is 32.0 Å². The number of ether oxygens (including phenoxy) is 3. The van der Waals surface area contributed by atoms with Crippen LogP contribution in [0.2, 0.25) is 0 Å². The molecule has 0 aliphatic heterocycles. The van der Waals surface area contributed by atoms with E-state index in [9.17, 15) is 19.2 Å². The first kappa shape index (κ1) is 25.5. The van der Waals surface area contributed by atoms with E-state index in [0.29, 0.717) is 5.39 Å². The molecule has 4 rings (SSSR count). The summed E-state index contributed by atoms with van der Waals surface area (Å²) in [6.45, 7) is 4.43. The lowest BCUT2D eigenvalue weighted by Crippen LogP contribution is -2.50. The van der Waals surface area contributed by atoms with Gasteiger partial charge in [0.2, 0.25) is 0 Å². The molecule has 1 aromatic heterocycles. The molecule has 1 saturated carbocycles. The smallest absolute Gasteiger partial charge is 0.346 e. The Hall–Kier alpha value is -3.62. The molecule has 2 aliphatic carbocycles. The molecule has 9 heteroatoms. The van der Waals surface area contributed by atoms with Crippen molar-refractivity contribution in [3.8, 4) is 5.75 Å². The lowest BCUT2D eigenvalue weighted by atomic mass is 9.75. The molecule has 2 aromatic rings. The Balaban J connectivity index is 2.24. The van der Waals surface area contributed by atoms with E-state index in [2.05, 4.69) is 5.32 Å². The molecular formula is C27H31NO8. The molecule has 0 amide bonds. The van der Waals surface area contributed by atoms with E-state index in [1.165, 1.54) is 14.0 Å². The summed E-state index contributed by atoms with van der Waals surface area (Å²) in [4.78, 5) is 54.4. The number of para-hydroxylation sites is 1. The van der Waals surface area contributed by atoms with Crippen molar-refractivity contribution in [1.29, 1.82) is 0 Å². The number of carbonyl (C=O) groups excluding carboxylic acids is 3. The number of fused-ring (bicyclic) bond motifs is 3. The highest BCUT2D eigenvalue weighted by molar-refractivity contribution is 6.33. The van der Waals surface area contributed by atoms with Crippen molar-refractivity contribution in [1.82, 2.24) is 5.32 Å². The summed E-state index contributed by atoms with van der Waals surface area (Å²) >= 11 is 0. The molecule has 1 heterocycles. The van der Waals surface area contributed by atoms with E-state index >= 15 is 0 Å². The Kier molecular flexibility index (Phi) is 7.19. The van der Waals surface area contributed by atoms with Gasteiger partial charge in [0.1, 0.15) is 0 Å². The van der Waals surface area contributed by atoms with Crippen LogP contribution < -0.4 is 26.1 Å². The molecule has 1 unspecified atom stereocenters. The minimum absolute atomic E-state index is 0.00254. The van der Waals surface area contributed by atoms with E-state index in [4.69, 9.17) is 18.6 Å². The topological polar surface area (TPSA) is 121 Å². The lowest BCUT2D eigenvalue weighted by molar-refractivity contribution is -0.154. The first-order valence-corrected chi connectivity index (χ1v) is 12.3. The van der Waals surface area contributed by atoms with Gasteiger partial charge in [0.25, 0.3) is 0 Å². The molecule has 1 fully saturated rings. The van der Waals surface area contributed by atoms with Gasteiger partial charge in [-0.25, -0.2) is 9.59 Å². The zero-order chi connectivity index (χ0) is 26.0. The van der Waals surface area contributed by atoms with Gasteiger partial charge in [-0.3, -0.25) is 9.59 Å². The molecule has 36 heavy (non-hydrogen) atoms. The van der Waals surface area contributed by atoms with Crippen LogP contribution >= 0.6 is 0 Å². The molecule has 0 spiro atoms. The fraction of sp³-hybridized carbons (Fsp3) is 0.481. The quantitative estimate of drug-likeness (QED) is 0.330. The summed E-state index contributed by atoms with van der Waals surface area (Å²) in [5, 5.41) is 3.76. The molecule has 0 radical (unpaired) electrons. The van der Waals surface area contributed by atoms with Crippen LogP contribution in [0.3, 0.4) is 0 Å². The highest BCUT2D eigenvalue weighted by Gasteiger charge is 2.59. The summed E-state index contributed by atoms with van der Waals surface area (Å²) < 4.78 is 21.8. The van der Waals surface area contributed by atoms with Gasteiger partial charge < -0.3 is 23.9 Å². The van der Waals surface area contributed by atoms with Crippen LogP contribution in [-0.4, -0.2) is 44.1 Å². The van der Waals surface area contributed by atoms with Crippen molar-refractivity contribution in [3.63, 3.8) is 0 Å². The molecular weight excluding hydrogens is 466 g/mol. The molecule has 2 aliphatic rings. The lowest BCUT2D eigenvalue weighted by Gasteiger charge is -2.34. The zero-order valence-electron chi connectivity index (χ0n) is 21.0. The first-order valence-electron chi connectivity index (χ1n) is 12.3. The fourth-order valence-corrected chi connectivity index (χ4v) is 5.38. The van der Waals surface area contributed by atoms with Crippen molar-refractivity contribution in [2.75, 3.05) is 20.3 Å². The van der Waals surface area contributed by atoms with Crippen molar-refractivity contribution < 1.29 is 33.0 Å². The second kappa shape index (κ2) is 10.2. The number of carbonyl (C=O) groups is 3. The van der Waals surface area contributed by atoms with Crippen LogP contribution in [0.1, 0.15) is 52.9 Å². The van der Waals surface area contributed by atoms with Gasteiger partial charge >= 0.3 is 17.6 Å². The molecule has 0 saturated heterocycles. The zero-order valence-corrected chi connectivity index (χ0v) is 21.0. The van der Waals surface area contributed by atoms with E-state index in [1.807, 2.05) is 0 Å². The van der Waals surface area contributed by atoms with E-state index in [-0.39, 0.29) is 52.3 Å². The summed E-state index contributed by atoms with van der Waals surface area (Å²) in [6.07, 6.45) is 4.57. The van der Waals surface area contributed by atoms with Gasteiger partial charge in [0.05, 0.1) is 36.8 Å². The number of hydrogen-bond donors (Lipinski definition) is 1. The third-order valence-corrected chi connectivity index (χ3v) is 6.91. The monoisotopic (exact) mass is 497 g/mol. The maximum atomic E-state index is 13.7. The van der Waals surface area contributed by atoms with Gasteiger partial charge in [0.15, 0.2) is 22.5 Å². The molecule has 0 bridgehead atoms. The second-order valence-electron chi connectivity index (χ2n) is 8.95. The van der Waals surface area contributed by atoms with Crippen molar-refractivity contribution in [2.24, 2.45) is 5.41 Å². The second-order valence-corrected chi connectivity index (χ2v) is 8.95. The molecule has 1 N–H and O–H groups in total. The SMILES string of the molecule is CCOC(=O)C1=c2c(c(=O)oc3c(OC)cccc23)=C(NC2CCCCC2)C1(C(C)=O)C(=O)OCC.